The molecule has 0 radical (unpaired) electrons. The number of ether oxygens (including phenoxy) is 1. The van der Waals surface area contributed by atoms with Crippen molar-refractivity contribution >= 4 is 6.03 Å². The molecule has 2 saturated carbocycles. The Hall–Kier alpha value is -3.69. The number of urea groups is 1. The summed E-state index contributed by atoms with van der Waals surface area (Å²) in [6.45, 7) is 0. The van der Waals surface area contributed by atoms with Crippen LogP contribution >= 0.6 is 0 Å². The molecule has 0 aliphatic heterocycles. The Balaban J connectivity index is 1.66. The molecule has 4 nitrogen and oxygen atoms in total. The number of hydrogen-bond acceptors (Lipinski definition) is 2. The number of carbonyl (C=O) groups is 1. The normalized spacial score (nSPS) is 17.0. The summed E-state index contributed by atoms with van der Waals surface area (Å²) in [4.78, 5) is 15.6. The van der Waals surface area contributed by atoms with Crippen LogP contribution in [0.4, 0.5) is 31.1 Å². The molecule has 0 heterocycles. The van der Waals surface area contributed by atoms with Gasteiger partial charge in [0.1, 0.15) is 17.4 Å². The van der Waals surface area contributed by atoms with Crippen LogP contribution in [0.2, 0.25) is 0 Å². The summed E-state index contributed by atoms with van der Waals surface area (Å²) in [6.07, 6.45) is -5.65. The van der Waals surface area contributed by atoms with E-state index in [0.29, 0.717) is 17.2 Å². The van der Waals surface area contributed by atoms with Gasteiger partial charge in [0.25, 0.3) is 0 Å². The van der Waals surface area contributed by atoms with E-state index in [0.717, 1.165) is 37.8 Å². The molecular weight excluding hydrogens is 522 g/mol. The minimum Gasteiger partial charge on any atom is -0.428 e. The maximum Gasteiger partial charge on any atom is 0.461 e. The van der Waals surface area contributed by atoms with Gasteiger partial charge in [-0.2, -0.15) is 17.6 Å². The highest BCUT2D eigenvalue weighted by molar-refractivity contribution is 5.78. The number of alkyl halides is 4. The number of rotatable bonds is 10. The third-order valence-corrected chi connectivity index (χ3v) is 6.96. The number of carbonyl (C=O) groups excluding carboxylic acids is 1. The zero-order valence-corrected chi connectivity index (χ0v) is 20.7. The molecule has 1 atom stereocenters. The lowest BCUT2D eigenvalue weighted by atomic mass is 9.77. The van der Waals surface area contributed by atoms with Crippen molar-refractivity contribution in [3.8, 4) is 5.75 Å². The average molecular weight is 549 g/mol. The van der Waals surface area contributed by atoms with Crippen LogP contribution in [0.3, 0.4) is 0 Å². The van der Waals surface area contributed by atoms with Crippen LogP contribution in [-0.2, 0) is 12.0 Å². The van der Waals surface area contributed by atoms with Crippen LogP contribution < -0.4 is 10.1 Å². The second-order valence-electron chi connectivity index (χ2n) is 10.0. The van der Waals surface area contributed by atoms with E-state index in [4.69, 9.17) is 0 Å². The summed E-state index contributed by atoms with van der Waals surface area (Å²) >= 11 is 0. The van der Waals surface area contributed by atoms with Gasteiger partial charge in [0.2, 0.25) is 0 Å². The zero-order valence-electron chi connectivity index (χ0n) is 20.7. The number of hydrogen-bond donors (Lipinski definition) is 1. The Morgan fingerprint density at radius 1 is 0.872 bits per heavy atom. The Labute approximate surface area is 221 Å². The summed E-state index contributed by atoms with van der Waals surface area (Å²) in [5.41, 5.74) is -0.604. The maximum absolute atomic E-state index is 14.9. The first-order valence-electron chi connectivity index (χ1n) is 12.6. The van der Waals surface area contributed by atoms with Crippen molar-refractivity contribution in [2.45, 2.75) is 62.3 Å². The molecule has 2 amide bonds. The van der Waals surface area contributed by atoms with Crippen LogP contribution in [0.5, 0.6) is 5.75 Å². The standard InChI is InChI=1S/C29H26F6N2O2/c30-21-8-6-19(7-9-21)28(17-18-4-2-1-3-5-18,36-27(38)37(23-10-11-23)24-12-13-24)20-14-22(31)16-25(15-20)39-29(34,35)26(32)33/h1-9,14-16,23-24,26H,10-13,17H2,(H,36,38)/t28-/m1/s1. The largest absolute Gasteiger partial charge is 0.461 e. The number of halogens is 6. The lowest BCUT2D eigenvalue weighted by Crippen LogP contribution is -2.54. The smallest absolute Gasteiger partial charge is 0.428 e. The minimum absolute atomic E-state index is 0.0164. The molecular formula is C29H26F6N2O2. The highest BCUT2D eigenvalue weighted by atomic mass is 19.3. The molecule has 2 aliphatic carbocycles. The summed E-state index contributed by atoms with van der Waals surface area (Å²) < 4.78 is 86.5. The molecule has 0 spiro atoms. The van der Waals surface area contributed by atoms with E-state index in [2.05, 4.69) is 10.1 Å². The molecule has 0 saturated heterocycles. The van der Waals surface area contributed by atoms with Gasteiger partial charge in [0.15, 0.2) is 0 Å². The quantitative estimate of drug-likeness (QED) is 0.277. The van der Waals surface area contributed by atoms with Crippen molar-refractivity contribution in [2.75, 3.05) is 0 Å². The van der Waals surface area contributed by atoms with Gasteiger partial charge in [-0.25, -0.2) is 13.6 Å². The van der Waals surface area contributed by atoms with Gasteiger partial charge in [-0.05, 0) is 66.6 Å². The van der Waals surface area contributed by atoms with E-state index in [9.17, 15) is 31.1 Å². The summed E-state index contributed by atoms with van der Waals surface area (Å²) in [5, 5.41) is 3.02. The second-order valence-corrected chi connectivity index (χ2v) is 10.0. The Kier molecular flexibility index (Phi) is 7.22. The SMILES string of the molecule is O=C(N[C@](Cc1ccccc1)(c1ccc(F)cc1)c1cc(F)cc(OC(F)(F)C(F)F)c1)N(C1CC1)C1CC1. The van der Waals surface area contributed by atoms with Crippen LogP contribution in [0.15, 0.2) is 72.8 Å². The van der Waals surface area contributed by atoms with Gasteiger partial charge in [-0.15, -0.1) is 0 Å². The van der Waals surface area contributed by atoms with Crippen molar-refractivity contribution in [1.29, 1.82) is 0 Å². The Morgan fingerprint density at radius 3 is 2.05 bits per heavy atom. The number of benzene rings is 3. The van der Waals surface area contributed by atoms with Crippen molar-refractivity contribution < 1.29 is 35.9 Å². The molecule has 3 aromatic rings. The first-order valence-corrected chi connectivity index (χ1v) is 12.6. The van der Waals surface area contributed by atoms with E-state index in [-0.39, 0.29) is 24.1 Å². The van der Waals surface area contributed by atoms with Crippen molar-refractivity contribution in [1.82, 2.24) is 10.2 Å². The fourth-order valence-electron chi connectivity index (χ4n) is 4.85. The summed E-state index contributed by atoms with van der Waals surface area (Å²) in [5.74, 6) is -2.44. The molecule has 0 aromatic heterocycles. The molecule has 3 aromatic carbocycles. The number of nitrogens with zero attached hydrogens (tertiary/aromatic N) is 1. The predicted octanol–water partition coefficient (Wildman–Crippen LogP) is 7.02. The van der Waals surface area contributed by atoms with E-state index in [1.165, 1.54) is 24.3 Å². The first-order chi connectivity index (χ1) is 18.6. The van der Waals surface area contributed by atoms with E-state index in [1.807, 2.05) is 0 Å². The van der Waals surface area contributed by atoms with Crippen LogP contribution in [0.25, 0.3) is 0 Å². The van der Waals surface area contributed by atoms with Gasteiger partial charge in [-0.1, -0.05) is 42.5 Å². The minimum atomic E-state index is -4.87. The molecule has 1 N–H and O–H groups in total. The third kappa shape index (κ3) is 5.99. The molecule has 39 heavy (non-hydrogen) atoms. The van der Waals surface area contributed by atoms with Crippen LogP contribution in [0.1, 0.15) is 42.4 Å². The second kappa shape index (κ2) is 10.5. The van der Waals surface area contributed by atoms with Gasteiger partial charge >= 0.3 is 18.6 Å². The predicted molar refractivity (Wildman–Crippen MR) is 132 cm³/mol. The number of amides is 2. The lowest BCUT2D eigenvalue weighted by Gasteiger charge is -2.39. The highest BCUT2D eigenvalue weighted by Crippen LogP contribution is 2.41. The molecule has 206 valence electrons. The summed E-state index contributed by atoms with van der Waals surface area (Å²) in [6, 6.07) is 16.3. The average Bonchev–Trinajstić information content (AvgIpc) is 3.81. The number of nitrogens with one attached hydrogen (secondary N) is 1. The van der Waals surface area contributed by atoms with E-state index < -0.39 is 41.5 Å². The van der Waals surface area contributed by atoms with Crippen LogP contribution in [-0.4, -0.2) is 35.5 Å². The zero-order chi connectivity index (χ0) is 27.8. The molecule has 2 aliphatic rings. The molecule has 5 rings (SSSR count). The molecule has 0 bridgehead atoms. The van der Waals surface area contributed by atoms with Gasteiger partial charge in [0, 0.05) is 24.6 Å². The summed E-state index contributed by atoms with van der Waals surface area (Å²) in [7, 11) is 0. The van der Waals surface area contributed by atoms with E-state index >= 15 is 0 Å². The van der Waals surface area contributed by atoms with Gasteiger partial charge in [-0.3, -0.25) is 0 Å². The third-order valence-electron chi connectivity index (χ3n) is 6.96. The van der Waals surface area contributed by atoms with Crippen LogP contribution in [0, 0.1) is 11.6 Å². The first kappa shape index (κ1) is 26.9. The van der Waals surface area contributed by atoms with Crippen molar-refractivity contribution in [3.63, 3.8) is 0 Å². The molecule has 0 unspecified atom stereocenters. The van der Waals surface area contributed by atoms with E-state index in [1.54, 1.807) is 35.2 Å². The van der Waals surface area contributed by atoms with Crippen molar-refractivity contribution in [2.24, 2.45) is 0 Å². The Morgan fingerprint density at radius 2 is 1.49 bits per heavy atom. The lowest BCUT2D eigenvalue weighted by molar-refractivity contribution is -0.253. The monoisotopic (exact) mass is 548 g/mol. The Bertz CT molecular complexity index is 1300. The topological polar surface area (TPSA) is 41.6 Å². The van der Waals surface area contributed by atoms with Crippen molar-refractivity contribution in [3.05, 3.63) is 101 Å². The van der Waals surface area contributed by atoms with Gasteiger partial charge in [0.05, 0.1) is 5.54 Å². The fraction of sp³-hybridized carbons (Fsp3) is 0.345. The highest BCUT2D eigenvalue weighted by Gasteiger charge is 2.47. The van der Waals surface area contributed by atoms with Gasteiger partial charge < -0.3 is 15.0 Å². The fourth-order valence-corrected chi connectivity index (χ4v) is 4.85. The molecule has 2 fully saturated rings. The molecule has 10 heteroatoms. The maximum atomic E-state index is 14.9.